The molecular formula is C24H24FN3O3S. The van der Waals surface area contributed by atoms with Gasteiger partial charge in [-0.05, 0) is 79.4 Å². The number of rotatable bonds is 5. The van der Waals surface area contributed by atoms with Crippen LogP contribution in [0.2, 0.25) is 0 Å². The Hall–Kier alpha value is -3.13. The van der Waals surface area contributed by atoms with E-state index in [0.29, 0.717) is 16.9 Å². The van der Waals surface area contributed by atoms with E-state index in [-0.39, 0.29) is 17.3 Å². The van der Waals surface area contributed by atoms with E-state index in [0.717, 1.165) is 53.7 Å². The van der Waals surface area contributed by atoms with Crippen LogP contribution < -0.4 is 10.2 Å². The lowest BCUT2D eigenvalue weighted by Gasteiger charge is -2.19. The van der Waals surface area contributed by atoms with E-state index in [1.165, 1.54) is 12.1 Å². The molecule has 0 aliphatic carbocycles. The van der Waals surface area contributed by atoms with E-state index < -0.39 is 17.1 Å². The number of thioether (sulfide) groups is 1. The number of carbonyl (C=O) groups is 3. The van der Waals surface area contributed by atoms with Crippen molar-refractivity contribution in [2.24, 2.45) is 0 Å². The Kier molecular flexibility index (Phi) is 6.32. The fourth-order valence-corrected chi connectivity index (χ4v) is 4.69. The summed E-state index contributed by atoms with van der Waals surface area (Å²) in [7, 11) is 0. The van der Waals surface area contributed by atoms with E-state index >= 15 is 0 Å². The van der Waals surface area contributed by atoms with Crippen molar-refractivity contribution in [3.63, 3.8) is 0 Å². The number of imide groups is 1. The highest BCUT2D eigenvalue weighted by atomic mass is 32.2. The summed E-state index contributed by atoms with van der Waals surface area (Å²) in [5.74, 6) is -1.36. The molecule has 0 unspecified atom stereocenters. The summed E-state index contributed by atoms with van der Waals surface area (Å²) in [5.41, 5.74) is 3.44. The topological polar surface area (TPSA) is 69.7 Å². The largest absolute Gasteiger partial charge is 0.369 e. The first-order valence-corrected chi connectivity index (χ1v) is 11.3. The molecular weight excluding hydrogens is 429 g/mol. The highest BCUT2D eigenvalue weighted by Crippen LogP contribution is 2.34. The molecule has 2 saturated heterocycles. The molecule has 4 rings (SSSR count). The van der Waals surface area contributed by atoms with Crippen LogP contribution in [0, 0.1) is 19.7 Å². The molecule has 2 heterocycles. The molecule has 3 amide bonds. The zero-order valence-electron chi connectivity index (χ0n) is 18.0. The van der Waals surface area contributed by atoms with Crippen LogP contribution >= 0.6 is 11.8 Å². The summed E-state index contributed by atoms with van der Waals surface area (Å²) in [4.78, 5) is 40.7. The predicted octanol–water partition coefficient (Wildman–Crippen LogP) is 4.72. The van der Waals surface area contributed by atoms with Gasteiger partial charge in [-0.25, -0.2) is 4.39 Å². The average Bonchev–Trinajstić information content (AvgIpc) is 3.37. The number of nitrogens with zero attached hydrogens (tertiary/aromatic N) is 2. The summed E-state index contributed by atoms with van der Waals surface area (Å²) < 4.78 is 14.7. The molecule has 32 heavy (non-hydrogen) atoms. The van der Waals surface area contributed by atoms with Crippen molar-refractivity contribution in [3.8, 4) is 0 Å². The molecule has 2 aromatic carbocycles. The molecule has 6 nitrogen and oxygen atoms in total. The number of aryl methyl sites for hydroxylation is 2. The minimum absolute atomic E-state index is 0.176. The molecule has 2 aliphatic heterocycles. The normalized spacial score (nSPS) is 17.5. The first-order chi connectivity index (χ1) is 15.3. The summed E-state index contributed by atoms with van der Waals surface area (Å²) in [6.45, 7) is 5.00. The van der Waals surface area contributed by atoms with Gasteiger partial charge in [-0.1, -0.05) is 18.2 Å². The van der Waals surface area contributed by atoms with Gasteiger partial charge in [0.25, 0.3) is 11.1 Å². The Morgan fingerprint density at radius 3 is 2.56 bits per heavy atom. The smallest absolute Gasteiger partial charge is 0.294 e. The van der Waals surface area contributed by atoms with Crippen molar-refractivity contribution < 1.29 is 18.8 Å². The Balaban J connectivity index is 1.49. The van der Waals surface area contributed by atoms with Crippen LogP contribution in [0.15, 0.2) is 41.3 Å². The van der Waals surface area contributed by atoms with Crippen molar-refractivity contribution in [2.45, 2.75) is 26.7 Å². The van der Waals surface area contributed by atoms with E-state index in [1.807, 2.05) is 30.9 Å². The second kappa shape index (κ2) is 9.16. The summed E-state index contributed by atoms with van der Waals surface area (Å²) in [6.07, 6.45) is 3.62. The standard InChI is InChI=1S/C24H24FN3O3S/c1-15-7-3-4-8-19(15)26-22(29)14-28-23(30)21(32-24(28)31)13-17-12-18(25)20(11-16(17)2)27-9-5-6-10-27/h3-4,7-8,11-13H,5-6,9-10,14H2,1-2H3,(H,26,29). The molecule has 2 aliphatic rings. The lowest BCUT2D eigenvalue weighted by atomic mass is 10.1. The van der Waals surface area contributed by atoms with Crippen molar-refractivity contribution in [1.82, 2.24) is 4.90 Å². The van der Waals surface area contributed by atoms with Crippen LogP contribution in [-0.2, 0) is 9.59 Å². The minimum Gasteiger partial charge on any atom is -0.369 e. The van der Waals surface area contributed by atoms with Crippen molar-refractivity contribution in [1.29, 1.82) is 0 Å². The van der Waals surface area contributed by atoms with Crippen LogP contribution in [0.1, 0.15) is 29.5 Å². The first-order valence-electron chi connectivity index (χ1n) is 10.5. The van der Waals surface area contributed by atoms with E-state index in [1.54, 1.807) is 18.2 Å². The molecule has 0 aromatic heterocycles. The number of halogens is 1. The summed E-state index contributed by atoms with van der Waals surface area (Å²) in [5, 5.41) is 2.20. The fourth-order valence-electron chi connectivity index (χ4n) is 3.86. The Morgan fingerprint density at radius 1 is 1.12 bits per heavy atom. The number of para-hydroxylation sites is 1. The number of hydrogen-bond acceptors (Lipinski definition) is 5. The highest BCUT2D eigenvalue weighted by molar-refractivity contribution is 8.18. The van der Waals surface area contributed by atoms with Gasteiger partial charge in [-0.3, -0.25) is 19.3 Å². The average molecular weight is 454 g/mol. The van der Waals surface area contributed by atoms with Crippen LogP contribution in [-0.4, -0.2) is 41.6 Å². The summed E-state index contributed by atoms with van der Waals surface area (Å²) >= 11 is 0.758. The van der Waals surface area contributed by atoms with E-state index in [9.17, 15) is 18.8 Å². The molecule has 8 heteroatoms. The van der Waals surface area contributed by atoms with Gasteiger partial charge in [0.15, 0.2) is 0 Å². The molecule has 0 bridgehead atoms. The second-order valence-corrected chi connectivity index (χ2v) is 8.98. The number of hydrogen-bond donors (Lipinski definition) is 1. The van der Waals surface area contributed by atoms with Gasteiger partial charge in [0.2, 0.25) is 5.91 Å². The minimum atomic E-state index is -0.552. The number of anilines is 2. The molecule has 2 aromatic rings. The molecule has 0 saturated carbocycles. The first kappa shape index (κ1) is 22.1. The van der Waals surface area contributed by atoms with E-state index in [2.05, 4.69) is 5.32 Å². The Bertz CT molecular complexity index is 1130. The third-order valence-corrected chi connectivity index (χ3v) is 6.57. The quantitative estimate of drug-likeness (QED) is 0.664. The van der Waals surface area contributed by atoms with Gasteiger partial charge in [-0.2, -0.15) is 0 Å². The van der Waals surface area contributed by atoms with Crippen LogP contribution in [0.25, 0.3) is 6.08 Å². The Morgan fingerprint density at radius 2 is 1.84 bits per heavy atom. The lowest BCUT2D eigenvalue weighted by molar-refractivity contribution is -0.127. The number of benzene rings is 2. The molecule has 1 N–H and O–H groups in total. The second-order valence-electron chi connectivity index (χ2n) is 7.99. The lowest BCUT2D eigenvalue weighted by Crippen LogP contribution is -2.36. The molecule has 0 atom stereocenters. The van der Waals surface area contributed by atoms with Gasteiger partial charge in [0.1, 0.15) is 12.4 Å². The van der Waals surface area contributed by atoms with Crippen molar-refractivity contribution in [2.75, 3.05) is 29.9 Å². The fraction of sp³-hybridized carbons (Fsp3) is 0.292. The van der Waals surface area contributed by atoms with Gasteiger partial charge in [0.05, 0.1) is 10.6 Å². The molecule has 166 valence electrons. The van der Waals surface area contributed by atoms with Gasteiger partial charge < -0.3 is 10.2 Å². The maximum absolute atomic E-state index is 14.7. The van der Waals surface area contributed by atoms with Gasteiger partial charge in [-0.15, -0.1) is 0 Å². The SMILES string of the molecule is Cc1cc(N2CCCC2)c(F)cc1C=C1SC(=O)N(CC(=O)Nc2ccccc2C)C1=O. The summed E-state index contributed by atoms with van der Waals surface area (Å²) in [6, 6.07) is 10.4. The molecule has 0 spiro atoms. The maximum Gasteiger partial charge on any atom is 0.294 e. The molecule has 2 fully saturated rings. The zero-order valence-corrected chi connectivity index (χ0v) is 18.8. The monoisotopic (exact) mass is 453 g/mol. The van der Waals surface area contributed by atoms with Gasteiger partial charge in [0, 0.05) is 18.8 Å². The Labute approximate surface area is 190 Å². The third kappa shape index (κ3) is 4.55. The van der Waals surface area contributed by atoms with Crippen LogP contribution in [0.3, 0.4) is 0 Å². The molecule has 0 radical (unpaired) electrons. The van der Waals surface area contributed by atoms with E-state index in [4.69, 9.17) is 0 Å². The maximum atomic E-state index is 14.7. The number of carbonyl (C=O) groups excluding carboxylic acids is 3. The van der Waals surface area contributed by atoms with Crippen molar-refractivity contribution >= 4 is 46.3 Å². The van der Waals surface area contributed by atoms with Crippen LogP contribution in [0.5, 0.6) is 0 Å². The van der Waals surface area contributed by atoms with Crippen LogP contribution in [0.4, 0.5) is 20.6 Å². The van der Waals surface area contributed by atoms with Gasteiger partial charge >= 0.3 is 0 Å². The number of amides is 3. The third-order valence-electron chi connectivity index (χ3n) is 5.66. The zero-order chi connectivity index (χ0) is 22.8. The highest BCUT2D eigenvalue weighted by Gasteiger charge is 2.36. The predicted molar refractivity (Wildman–Crippen MR) is 125 cm³/mol. The number of nitrogens with one attached hydrogen (secondary N) is 1. The van der Waals surface area contributed by atoms with Crippen molar-refractivity contribution in [3.05, 3.63) is 63.8 Å².